The van der Waals surface area contributed by atoms with Gasteiger partial charge in [0.05, 0.1) is 0 Å². The highest BCUT2D eigenvalue weighted by Crippen LogP contribution is 2.18. The normalized spacial score (nSPS) is 12.9. The van der Waals surface area contributed by atoms with Crippen LogP contribution in [0.5, 0.6) is 0 Å². The summed E-state index contributed by atoms with van der Waals surface area (Å²) in [5.41, 5.74) is 0.762. The van der Waals surface area contributed by atoms with Crippen LogP contribution in [0.15, 0.2) is 30.3 Å². The first-order valence-corrected chi connectivity index (χ1v) is 4.75. The first-order chi connectivity index (χ1) is 6.50. The van der Waals surface area contributed by atoms with Crippen LogP contribution < -0.4 is 0 Å². The quantitative estimate of drug-likeness (QED) is 0.620. The standard InChI is InChI=1S/C13H16O/c1-13(2,3)12(14)10-9-11-7-5-4-6-8-11/h4-8,12,14H,1-3H3/t12-/m1/s1. The third-order valence-electron chi connectivity index (χ3n) is 1.95. The molecule has 0 amide bonds. The van der Waals surface area contributed by atoms with Gasteiger partial charge in [-0.2, -0.15) is 0 Å². The van der Waals surface area contributed by atoms with Crippen LogP contribution in [0.2, 0.25) is 0 Å². The molecule has 1 heteroatoms. The van der Waals surface area contributed by atoms with E-state index < -0.39 is 6.10 Å². The minimum absolute atomic E-state index is 0.179. The van der Waals surface area contributed by atoms with Crippen LogP contribution in [-0.4, -0.2) is 11.2 Å². The zero-order valence-electron chi connectivity index (χ0n) is 8.91. The van der Waals surface area contributed by atoms with Gasteiger partial charge in [0, 0.05) is 5.56 Å². The average molecular weight is 188 g/mol. The average Bonchev–Trinajstić information content (AvgIpc) is 2.14. The summed E-state index contributed by atoms with van der Waals surface area (Å²) in [7, 11) is 0. The van der Waals surface area contributed by atoms with Gasteiger partial charge in [-0.1, -0.05) is 50.8 Å². The number of aliphatic hydroxyl groups excluding tert-OH is 1. The smallest absolute Gasteiger partial charge is 0.119 e. The van der Waals surface area contributed by atoms with Gasteiger partial charge >= 0.3 is 0 Å². The van der Waals surface area contributed by atoms with Crippen molar-refractivity contribution in [2.75, 3.05) is 0 Å². The zero-order valence-corrected chi connectivity index (χ0v) is 8.91. The Bertz CT molecular complexity index is 335. The van der Waals surface area contributed by atoms with Gasteiger partial charge in [0.15, 0.2) is 0 Å². The zero-order chi connectivity index (χ0) is 10.6. The molecule has 0 spiro atoms. The molecule has 1 aromatic rings. The van der Waals surface area contributed by atoms with Gasteiger partial charge in [0.1, 0.15) is 6.10 Å². The Morgan fingerprint density at radius 2 is 1.71 bits per heavy atom. The van der Waals surface area contributed by atoms with E-state index in [4.69, 9.17) is 0 Å². The minimum Gasteiger partial charge on any atom is -0.380 e. The molecule has 0 fully saturated rings. The summed E-state index contributed by atoms with van der Waals surface area (Å²) in [5.74, 6) is 5.80. The SMILES string of the molecule is CC(C)(C)[C@H](O)C#Cc1ccccc1. The molecule has 1 atom stereocenters. The largest absolute Gasteiger partial charge is 0.380 e. The van der Waals surface area contributed by atoms with E-state index in [-0.39, 0.29) is 5.41 Å². The van der Waals surface area contributed by atoms with E-state index in [0.29, 0.717) is 0 Å². The molecule has 1 nitrogen and oxygen atoms in total. The highest BCUT2D eigenvalue weighted by molar-refractivity contribution is 5.34. The van der Waals surface area contributed by atoms with Crippen LogP contribution >= 0.6 is 0 Å². The number of hydrogen-bond acceptors (Lipinski definition) is 1. The Balaban J connectivity index is 2.74. The Labute approximate surface area is 85.8 Å². The molecule has 74 valence electrons. The van der Waals surface area contributed by atoms with Gasteiger partial charge in [0.2, 0.25) is 0 Å². The second kappa shape index (κ2) is 4.30. The van der Waals surface area contributed by atoms with Crippen molar-refractivity contribution in [2.45, 2.75) is 26.9 Å². The molecule has 0 radical (unpaired) electrons. The van der Waals surface area contributed by atoms with Crippen molar-refractivity contribution in [3.05, 3.63) is 35.9 Å². The number of aliphatic hydroxyl groups is 1. The molecule has 0 heterocycles. The fourth-order valence-corrected chi connectivity index (χ4v) is 0.890. The molecule has 14 heavy (non-hydrogen) atoms. The van der Waals surface area contributed by atoms with E-state index in [1.165, 1.54) is 0 Å². The lowest BCUT2D eigenvalue weighted by molar-refractivity contribution is 0.114. The third kappa shape index (κ3) is 3.24. The van der Waals surface area contributed by atoms with Crippen LogP contribution in [-0.2, 0) is 0 Å². The minimum atomic E-state index is -0.581. The maximum Gasteiger partial charge on any atom is 0.119 e. The Hall–Kier alpha value is -1.26. The van der Waals surface area contributed by atoms with E-state index in [1.807, 2.05) is 51.1 Å². The Morgan fingerprint density at radius 1 is 1.14 bits per heavy atom. The lowest BCUT2D eigenvalue weighted by Gasteiger charge is -2.20. The van der Waals surface area contributed by atoms with Gasteiger partial charge in [-0.3, -0.25) is 0 Å². The van der Waals surface area contributed by atoms with Crippen LogP contribution in [0.1, 0.15) is 26.3 Å². The van der Waals surface area contributed by atoms with Gasteiger partial charge in [-0.25, -0.2) is 0 Å². The number of rotatable bonds is 0. The highest BCUT2D eigenvalue weighted by Gasteiger charge is 2.19. The molecule has 0 saturated heterocycles. The van der Waals surface area contributed by atoms with Crippen LogP contribution in [0.3, 0.4) is 0 Å². The van der Waals surface area contributed by atoms with Crippen molar-refractivity contribution in [1.82, 2.24) is 0 Å². The maximum atomic E-state index is 9.67. The highest BCUT2D eigenvalue weighted by atomic mass is 16.3. The van der Waals surface area contributed by atoms with Crippen LogP contribution in [0, 0.1) is 17.3 Å². The molecule has 0 aliphatic rings. The third-order valence-corrected chi connectivity index (χ3v) is 1.95. The molecule has 0 aliphatic heterocycles. The summed E-state index contributed by atoms with van der Waals surface area (Å²) in [6.07, 6.45) is -0.581. The fourth-order valence-electron chi connectivity index (χ4n) is 0.890. The summed E-state index contributed by atoms with van der Waals surface area (Å²) in [6, 6.07) is 9.69. The van der Waals surface area contributed by atoms with Crippen molar-refractivity contribution < 1.29 is 5.11 Å². The van der Waals surface area contributed by atoms with Crippen LogP contribution in [0.4, 0.5) is 0 Å². The lowest BCUT2D eigenvalue weighted by atomic mass is 9.89. The van der Waals surface area contributed by atoms with E-state index in [1.54, 1.807) is 0 Å². The molecule has 1 rings (SSSR count). The lowest BCUT2D eigenvalue weighted by Crippen LogP contribution is -2.23. The predicted octanol–water partition coefficient (Wildman–Crippen LogP) is 2.45. The second-order valence-electron chi connectivity index (χ2n) is 4.40. The van der Waals surface area contributed by atoms with Crippen LogP contribution in [0.25, 0.3) is 0 Å². The molecule has 0 aromatic heterocycles. The summed E-state index contributed by atoms with van der Waals surface area (Å²) in [6.45, 7) is 5.91. The number of benzene rings is 1. The summed E-state index contributed by atoms with van der Waals surface area (Å²) in [5, 5.41) is 9.67. The molecule has 0 aliphatic carbocycles. The molecule has 1 aromatic carbocycles. The first-order valence-electron chi connectivity index (χ1n) is 4.75. The summed E-state index contributed by atoms with van der Waals surface area (Å²) in [4.78, 5) is 0. The van der Waals surface area contributed by atoms with Gasteiger partial charge < -0.3 is 5.11 Å². The van der Waals surface area contributed by atoms with Crippen molar-refractivity contribution in [3.63, 3.8) is 0 Å². The van der Waals surface area contributed by atoms with E-state index in [2.05, 4.69) is 11.8 Å². The predicted molar refractivity (Wildman–Crippen MR) is 58.8 cm³/mol. The van der Waals surface area contributed by atoms with Crippen molar-refractivity contribution in [1.29, 1.82) is 0 Å². The molecule has 1 N–H and O–H groups in total. The number of hydrogen-bond donors (Lipinski definition) is 1. The topological polar surface area (TPSA) is 20.2 Å². The first kappa shape index (κ1) is 10.8. The monoisotopic (exact) mass is 188 g/mol. The summed E-state index contributed by atoms with van der Waals surface area (Å²) >= 11 is 0. The molecule has 0 unspecified atom stereocenters. The molecule has 0 bridgehead atoms. The Kier molecular flexibility index (Phi) is 3.33. The van der Waals surface area contributed by atoms with Gasteiger partial charge in [-0.15, -0.1) is 0 Å². The van der Waals surface area contributed by atoms with E-state index in [0.717, 1.165) is 5.56 Å². The van der Waals surface area contributed by atoms with Crippen molar-refractivity contribution >= 4 is 0 Å². The molecule has 0 saturated carbocycles. The molecular weight excluding hydrogens is 172 g/mol. The Morgan fingerprint density at radius 3 is 2.21 bits per heavy atom. The van der Waals surface area contributed by atoms with Gasteiger partial charge in [-0.05, 0) is 17.5 Å². The van der Waals surface area contributed by atoms with Crippen molar-refractivity contribution in [3.8, 4) is 11.8 Å². The second-order valence-corrected chi connectivity index (χ2v) is 4.40. The van der Waals surface area contributed by atoms with E-state index >= 15 is 0 Å². The maximum absolute atomic E-state index is 9.67. The fraction of sp³-hybridized carbons (Fsp3) is 0.385. The van der Waals surface area contributed by atoms with Crippen molar-refractivity contribution in [2.24, 2.45) is 5.41 Å². The van der Waals surface area contributed by atoms with E-state index in [9.17, 15) is 5.11 Å². The van der Waals surface area contributed by atoms with Gasteiger partial charge in [0.25, 0.3) is 0 Å². The summed E-state index contributed by atoms with van der Waals surface area (Å²) < 4.78 is 0. The molecular formula is C13H16O.